The molecule has 0 aliphatic carbocycles. The summed E-state index contributed by atoms with van der Waals surface area (Å²) in [6, 6.07) is 8.13. The van der Waals surface area contributed by atoms with Crippen LogP contribution in [-0.2, 0) is 18.4 Å². The lowest BCUT2D eigenvalue weighted by molar-refractivity contribution is -0.114. The van der Waals surface area contributed by atoms with Crippen LogP contribution in [0.25, 0.3) is 0 Å². The predicted molar refractivity (Wildman–Crippen MR) is 78.2 cm³/mol. The third-order valence-corrected chi connectivity index (χ3v) is 2.95. The summed E-state index contributed by atoms with van der Waals surface area (Å²) in [4.78, 5) is 11.0. The number of halogens is 1. The molecule has 21 heavy (non-hydrogen) atoms. The van der Waals surface area contributed by atoms with Crippen molar-refractivity contribution in [3.05, 3.63) is 47.5 Å². The van der Waals surface area contributed by atoms with Crippen LogP contribution in [0.5, 0.6) is 0 Å². The van der Waals surface area contributed by atoms with E-state index < -0.39 is 5.82 Å². The zero-order chi connectivity index (χ0) is 15.4. The molecule has 0 saturated heterocycles. The van der Waals surface area contributed by atoms with Gasteiger partial charge in [0.2, 0.25) is 5.91 Å². The van der Waals surface area contributed by atoms with Crippen LogP contribution in [0.15, 0.2) is 30.5 Å². The van der Waals surface area contributed by atoms with Crippen molar-refractivity contribution >= 4 is 17.3 Å². The minimum Gasteiger partial charge on any atom is -0.378 e. The molecule has 2 N–H and O–H groups in total. The van der Waals surface area contributed by atoms with Crippen LogP contribution in [0, 0.1) is 17.1 Å². The van der Waals surface area contributed by atoms with Crippen molar-refractivity contribution < 1.29 is 9.18 Å². The maximum Gasteiger partial charge on any atom is 0.221 e. The average Bonchev–Trinajstić information content (AvgIpc) is 2.79. The van der Waals surface area contributed by atoms with E-state index in [-0.39, 0.29) is 5.91 Å². The monoisotopic (exact) mass is 286 g/mol. The van der Waals surface area contributed by atoms with Gasteiger partial charge in [-0.25, -0.2) is 4.39 Å². The molecule has 0 bridgehead atoms. The highest BCUT2D eigenvalue weighted by atomic mass is 19.1. The highest BCUT2D eigenvalue weighted by molar-refractivity contribution is 5.89. The molecule has 1 amide bonds. The Kier molecular flexibility index (Phi) is 4.24. The Balaban J connectivity index is 2.11. The minimum absolute atomic E-state index is 0.214. The van der Waals surface area contributed by atoms with Gasteiger partial charge in [0.05, 0.1) is 5.69 Å². The van der Waals surface area contributed by atoms with Crippen molar-refractivity contribution in [3.63, 3.8) is 0 Å². The van der Waals surface area contributed by atoms with Gasteiger partial charge in [-0.2, -0.15) is 5.26 Å². The summed E-state index contributed by atoms with van der Waals surface area (Å²) in [6.45, 7) is 1.78. The largest absolute Gasteiger partial charge is 0.378 e. The second-order valence-electron chi connectivity index (χ2n) is 4.69. The van der Waals surface area contributed by atoms with Gasteiger partial charge in [0.25, 0.3) is 0 Å². The third kappa shape index (κ3) is 3.60. The molecule has 0 saturated carbocycles. The molecule has 0 unspecified atom stereocenters. The molecule has 0 atom stereocenters. The van der Waals surface area contributed by atoms with Crippen molar-refractivity contribution in [2.45, 2.75) is 13.5 Å². The summed E-state index contributed by atoms with van der Waals surface area (Å²) in [5, 5.41) is 14.4. The van der Waals surface area contributed by atoms with Gasteiger partial charge >= 0.3 is 0 Å². The number of anilines is 2. The van der Waals surface area contributed by atoms with Gasteiger partial charge in [-0.15, -0.1) is 0 Å². The molecule has 1 aromatic heterocycles. The Morgan fingerprint density at radius 3 is 2.81 bits per heavy atom. The minimum atomic E-state index is -0.402. The molecule has 0 spiro atoms. The van der Waals surface area contributed by atoms with Crippen molar-refractivity contribution in [1.82, 2.24) is 4.57 Å². The summed E-state index contributed by atoms with van der Waals surface area (Å²) in [5.41, 5.74) is 2.23. The Morgan fingerprint density at radius 2 is 2.19 bits per heavy atom. The first kappa shape index (κ1) is 14.6. The number of rotatable bonds is 4. The summed E-state index contributed by atoms with van der Waals surface area (Å²) in [6.07, 6.45) is 1.81. The summed E-state index contributed by atoms with van der Waals surface area (Å²) in [7, 11) is 1.78. The molecule has 0 fully saturated rings. The number of nitrogens with zero attached hydrogens (tertiary/aromatic N) is 2. The number of aryl methyl sites for hydroxylation is 1. The number of hydrogen-bond acceptors (Lipinski definition) is 3. The standard InChI is InChI=1S/C15H15FN4O/c1-10(21)19-12-3-4-14(16)15(6-12)18-8-11-5-13(7-17)20(2)9-11/h3-6,9,18H,8H2,1-2H3,(H,19,21). The molecule has 2 rings (SSSR count). The second kappa shape index (κ2) is 6.09. The molecule has 6 heteroatoms. The highest BCUT2D eigenvalue weighted by Crippen LogP contribution is 2.20. The number of amides is 1. The lowest BCUT2D eigenvalue weighted by Crippen LogP contribution is -2.07. The average molecular weight is 286 g/mol. The number of carbonyl (C=O) groups is 1. The fraction of sp³-hybridized carbons (Fsp3) is 0.200. The van der Waals surface area contributed by atoms with E-state index in [0.29, 0.717) is 23.6 Å². The van der Waals surface area contributed by atoms with Crippen molar-refractivity contribution in [2.24, 2.45) is 7.05 Å². The number of benzene rings is 1. The number of nitriles is 1. The van der Waals surface area contributed by atoms with Gasteiger partial charge in [0.15, 0.2) is 0 Å². The van der Waals surface area contributed by atoms with Crippen LogP contribution in [0.2, 0.25) is 0 Å². The normalized spacial score (nSPS) is 10.0. The number of aromatic nitrogens is 1. The van der Waals surface area contributed by atoms with Gasteiger partial charge in [0, 0.05) is 32.4 Å². The molecule has 0 aliphatic rings. The summed E-state index contributed by atoms with van der Waals surface area (Å²) < 4.78 is 15.4. The molecular weight excluding hydrogens is 271 g/mol. The zero-order valence-corrected chi connectivity index (χ0v) is 11.8. The Bertz CT molecular complexity index is 715. The van der Waals surface area contributed by atoms with E-state index in [1.165, 1.54) is 25.1 Å². The molecule has 5 nitrogen and oxygen atoms in total. The molecule has 0 aliphatic heterocycles. The van der Waals surface area contributed by atoms with E-state index in [1.54, 1.807) is 23.9 Å². The van der Waals surface area contributed by atoms with Gasteiger partial charge in [-0.3, -0.25) is 4.79 Å². The van der Waals surface area contributed by atoms with Crippen molar-refractivity contribution in [2.75, 3.05) is 10.6 Å². The van der Waals surface area contributed by atoms with Gasteiger partial charge < -0.3 is 15.2 Å². The topological polar surface area (TPSA) is 69.8 Å². The van der Waals surface area contributed by atoms with Crippen LogP contribution in [-0.4, -0.2) is 10.5 Å². The zero-order valence-electron chi connectivity index (χ0n) is 11.8. The Morgan fingerprint density at radius 1 is 1.43 bits per heavy atom. The molecule has 2 aromatic rings. The van der Waals surface area contributed by atoms with E-state index >= 15 is 0 Å². The van der Waals surface area contributed by atoms with Crippen LogP contribution in [0.3, 0.4) is 0 Å². The Hall–Kier alpha value is -2.81. The SMILES string of the molecule is CC(=O)Nc1ccc(F)c(NCc2cc(C#N)n(C)c2)c1. The molecule has 1 heterocycles. The first-order valence-corrected chi connectivity index (χ1v) is 6.36. The van der Waals surface area contributed by atoms with Crippen LogP contribution < -0.4 is 10.6 Å². The van der Waals surface area contributed by atoms with Crippen LogP contribution in [0.4, 0.5) is 15.8 Å². The molecule has 108 valence electrons. The Labute approximate surface area is 122 Å². The van der Waals surface area contributed by atoms with E-state index in [1.807, 2.05) is 0 Å². The maximum atomic E-state index is 13.7. The van der Waals surface area contributed by atoms with Crippen molar-refractivity contribution in [1.29, 1.82) is 5.26 Å². The van der Waals surface area contributed by atoms with E-state index in [4.69, 9.17) is 5.26 Å². The lowest BCUT2D eigenvalue weighted by atomic mass is 10.2. The number of nitrogens with one attached hydrogen (secondary N) is 2. The van der Waals surface area contributed by atoms with Crippen LogP contribution >= 0.6 is 0 Å². The van der Waals surface area contributed by atoms with E-state index in [2.05, 4.69) is 16.7 Å². The van der Waals surface area contributed by atoms with Gasteiger partial charge in [0.1, 0.15) is 17.6 Å². The summed E-state index contributed by atoms with van der Waals surface area (Å²) >= 11 is 0. The summed E-state index contributed by atoms with van der Waals surface area (Å²) in [5.74, 6) is -0.616. The highest BCUT2D eigenvalue weighted by Gasteiger charge is 2.06. The smallest absolute Gasteiger partial charge is 0.221 e. The lowest BCUT2D eigenvalue weighted by Gasteiger charge is -2.09. The fourth-order valence-electron chi connectivity index (χ4n) is 1.98. The van der Waals surface area contributed by atoms with Gasteiger partial charge in [-0.1, -0.05) is 0 Å². The van der Waals surface area contributed by atoms with E-state index in [9.17, 15) is 9.18 Å². The molecule has 1 aromatic carbocycles. The quantitative estimate of drug-likeness (QED) is 0.907. The first-order valence-electron chi connectivity index (χ1n) is 6.36. The molecular formula is C15H15FN4O. The molecule has 0 radical (unpaired) electrons. The number of hydrogen-bond donors (Lipinski definition) is 2. The second-order valence-corrected chi connectivity index (χ2v) is 4.69. The van der Waals surface area contributed by atoms with Crippen LogP contribution in [0.1, 0.15) is 18.2 Å². The van der Waals surface area contributed by atoms with Crippen molar-refractivity contribution in [3.8, 4) is 6.07 Å². The maximum absolute atomic E-state index is 13.7. The van der Waals surface area contributed by atoms with E-state index in [0.717, 1.165) is 5.56 Å². The fourth-order valence-corrected chi connectivity index (χ4v) is 1.98. The number of carbonyl (C=O) groups excluding carboxylic acids is 1. The first-order chi connectivity index (χ1) is 9.99. The third-order valence-electron chi connectivity index (χ3n) is 2.95. The van der Waals surface area contributed by atoms with Gasteiger partial charge in [-0.05, 0) is 29.8 Å². The predicted octanol–water partition coefficient (Wildman–Crippen LogP) is 2.61.